The van der Waals surface area contributed by atoms with Crippen LogP contribution in [0.1, 0.15) is 40.5 Å². The van der Waals surface area contributed by atoms with Gasteiger partial charge in [-0.2, -0.15) is 0 Å². The van der Waals surface area contributed by atoms with Gasteiger partial charge in [0.05, 0.1) is 11.7 Å². The Bertz CT molecular complexity index is 248. The van der Waals surface area contributed by atoms with Crippen molar-refractivity contribution in [3.8, 4) is 0 Å². The van der Waals surface area contributed by atoms with Gasteiger partial charge < -0.3 is 14.8 Å². The zero-order chi connectivity index (χ0) is 11.7. The topological polar surface area (TPSA) is 47.6 Å². The minimum Gasteiger partial charge on any atom is -0.441 e. The lowest BCUT2D eigenvalue weighted by molar-refractivity contribution is -0.112. The Morgan fingerprint density at radius 3 is 2.53 bits per heavy atom. The van der Waals surface area contributed by atoms with Gasteiger partial charge in [0.15, 0.2) is 0 Å². The summed E-state index contributed by atoms with van der Waals surface area (Å²) in [5.41, 5.74) is -0.679. The van der Waals surface area contributed by atoms with E-state index in [1.807, 2.05) is 13.8 Å². The van der Waals surface area contributed by atoms with E-state index in [9.17, 15) is 4.79 Å². The molecule has 1 amide bonds. The minimum atomic E-state index is -0.576. The zero-order valence-corrected chi connectivity index (χ0v) is 10.2. The van der Waals surface area contributed by atoms with Crippen LogP contribution < -0.4 is 5.32 Å². The molecular weight excluding hydrogens is 194 g/mol. The lowest BCUT2D eigenvalue weighted by atomic mass is 9.97. The average molecular weight is 215 g/mol. The summed E-state index contributed by atoms with van der Waals surface area (Å²) in [4.78, 5) is 11.2. The first-order valence-electron chi connectivity index (χ1n) is 5.35. The maximum atomic E-state index is 11.2. The summed E-state index contributed by atoms with van der Waals surface area (Å²) in [6.07, 6.45) is 1.49. The molecule has 0 aliphatic carbocycles. The second-order valence-corrected chi connectivity index (χ2v) is 5.15. The Morgan fingerprint density at radius 2 is 2.13 bits per heavy atom. The smallest absolute Gasteiger partial charge is 0.407 e. The summed E-state index contributed by atoms with van der Waals surface area (Å²) in [6.45, 7) is 7.88. The van der Waals surface area contributed by atoms with Gasteiger partial charge in [0.2, 0.25) is 0 Å². The normalized spacial score (nSPS) is 25.0. The third-order valence-corrected chi connectivity index (χ3v) is 2.81. The molecule has 0 saturated carbocycles. The molecule has 1 rings (SSSR count). The largest absolute Gasteiger partial charge is 0.441 e. The van der Waals surface area contributed by atoms with Crippen molar-refractivity contribution in [3.05, 3.63) is 0 Å². The molecule has 0 radical (unpaired) electrons. The molecule has 88 valence electrons. The number of nitrogens with one attached hydrogen (secondary N) is 1. The van der Waals surface area contributed by atoms with E-state index >= 15 is 0 Å². The molecule has 4 heteroatoms. The van der Waals surface area contributed by atoms with Gasteiger partial charge in [-0.05, 0) is 40.5 Å². The molecule has 1 aliphatic heterocycles. The predicted octanol–water partition coefficient (Wildman–Crippen LogP) is 2.08. The molecule has 0 spiro atoms. The van der Waals surface area contributed by atoms with Crippen molar-refractivity contribution in [2.75, 3.05) is 7.05 Å². The third-order valence-electron chi connectivity index (χ3n) is 2.81. The van der Waals surface area contributed by atoms with Crippen molar-refractivity contribution in [1.29, 1.82) is 0 Å². The SMILES string of the molecule is CNC(=O)OC(C)(C)C1CCC(C)(C)O1. The van der Waals surface area contributed by atoms with Crippen LogP contribution in [-0.2, 0) is 9.47 Å². The summed E-state index contributed by atoms with van der Waals surface area (Å²) in [5.74, 6) is 0. The summed E-state index contributed by atoms with van der Waals surface area (Å²) in [5, 5.41) is 2.45. The van der Waals surface area contributed by atoms with Gasteiger partial charge in [-0.3, -0.25) is 0 Å². The van der Waals surface area contributed by atoms with Crippen LogP contribution in [0.4, 0.5) is 4.79 Å². The fourth-order valence-corrected chi connectivity index (χ4v) is 1.83. The van der Waals surface area contributed by atoms with Crippen molar-refractivity contribution in [2.45, 2.75) is 57.8 Å². The molecule has 0 aromatic rings. The summed E-state index contributed by atoms with van der Waals surface area (Å²) in [7, 11) is 1.55. The number of carbonyl (C=O) groups excluding carboxylic acids is 1. The third kappa shape index (κ3) is 3.09. The highest BCUT2D eigenvalue weighted by molar-refractivity contribution is 5.67. The van der Waals surface area contributed by atoms with E-state index in [2.05, 4.69) is 19.2 Å². The number of ether oxygens (including phenoxy) is 2. The number of rotatable bonds is 2. The van der Waals surface area contributed by atoms with E-state index < -0.39 is 11.7 Å². The monoisotopic (exact) mass is 215 g/mol. The van der Waals surface area contributed by atoms with Crippen LogP contribution in [0, 0.1) is 0 Å². The molecular formula is C11H21NO3. The van der Waals surface area contributed by atoms with Crippen LogP contribution in [-0.4, -0.2) is 30.4 Å². The van der Waals surface area contributed by atoms with E-state index in [0.717, 1.165) is 12.8 Å². The molecule has 1 heterocycles. The van der Waals surface area contributed by atoms with Crippen molar-refractivity contribution >= 4 is 6.09 Å². The Labute approximate surface area is 91.3 Å². The van der Waals surface area contributed by atoms with Gasteiger partial charge in [0, 0.05) is 7.05 Å². The van der Waals surface area contributed by atoms with Gasteiger partial charge in [-0.15, -0.1) is 0 Å². The fraction of sp³-hybridized carbons (Fsp3) is 0.909. The molecule has 1 fully saturated rings. The molecule has 1 N–H and O–H groups in total. The van der Waals surface area contributed by atoms with E-state index in [-0.39, 0.29) is 11.7 Å². The molecule has 0 bridgehead atoms. The van der Waals surface area contributed by atoms with Gasteiger partial charge in [-0.25, -0.2) is 4.79 Å². The lowest BCUT2D eigenvalue weighted by Crippen LogP contribution is -2.43. The highest BCUT2D eigenvalue weighted by Gasteiger charge is 2.42. The molecule has 1 aliphatic rings. The molecule has 0 aromatic carbocycles. The van der Waals surface area contributed by atoms with Crippen molar-refractivity contribution in [1.82, 2.24) is 5.32 Å². The Morgan fingerprint density at radius 1 is 1.53 bits per heavy atom. The molecule has 1 unspecified atom stereocenters. The van der Waals surface area contributed by atoms with Crippen LogP contribution in [0.25, 0.3) is 0 Å². The molecule has 1 saturated heterocycles. The van der Waals surface area contributed by atoms with Gasteiger partial charge in [-0.1, -0.05) is 0 Å². The molecule has 15 heavy (non-hydrogen) atoms. The van der Waals surface area contributed by atoms with Crippen LogP contribution in [0.5, 0.6) is 0 Å². The van der Waals surface area contributed by atoms with E-state index in [0.29, 0.717) is 0 Å². The Balaban J connectivity index is 2.59. The lowest BCUT2D eigenvalue weighted by Gasteiger charge is -2.32. The van der Waals surface area contributed by atoms with E-state index in [1.165, 1.54) is 0 Å². The number of carbonyl (C=O) groups is 1. The highest BCUT2D eigenvalue weighted by atomic mass is 16.6. The first kappa shape index (κ1) is 12.3. The second kappa shape index (κ2) is 4.00. The Kier molecular flexibility index (Phi) is 3.28. The van der Waals surface area contributed by atoms with Crippen LogP contribution in [0.2, 0.25) is 0 Å². The highest BCUT2D eigenvalue weighted by Crippen LogP contribution is 2.36. The Hall–Kier alpha value is -0.770. The van der Waals surface area contributed by atoms with Crippen LogP contribution in [0.3, 0.4) is 0 Å². The van der Waals surface area contributed by atoms with Crippen LogP contribution >= 0.6 is 0 Å². The maximum absolute atomic E-state index is 11.2. The standard InChI is InChI=1S/C11H21NO3/c1-10(2)7-6-8(14-10)11(3,4)15-9(13)12-5/h8H,6-7H2,1-5H3,(H,12,13). The van der Waals surface area contributed by atoms with E-state index in [1.54, 1.807) is 7.05 Å². The first-order valence-corrected chi connectivity index (χ1v) is 5.35. The second-order valence-electron chi connectivity index (χ2n) is 5.15. The van der Waals surface area contributed by atoms with Crippen molar-refractivity contribution in [2.24, 2.45) is 0 Å². The summed E-state index contributed by atoms with van der Waals surface area (Å²) >= 11 is 0. The average Bonchev–Trinajstić information content (AvgIpc) is 2.45. The molecule has 4 nitrogen and oxygen atoms in total. The quantitative estimate of drug-likeness (QED) is 0.767. The first-order chi connectivity index (χ1) is 6.77. The van der Waals surface area contributed by atoms with Crippen LogP contribution in [0.15, 0.2) is 0 Å². The number of amides is 1. The summed E-state index contributed by atoms with van der Waals surface area (Å²) in [6, 6.07) is 0. The fourth-order valence-electron chi connectivity index (χ4n) is 1.83. The van der Waals surface area contributed by atoms with Gasteiger partial charge in [0.25, 0.3) is 0 Å². The van der Waals surface area contributed by atoms with Gasteiger partial charge >= 0.3 is 6.09 Å². The minimum absolute atomic E-state index is 0.0233. The maximum Gasteiger partial charge on any atom is 0.407 e. The predicted molar refractivity (Wildman–Crippen MR) is 57.8 cm³/mol. The van der Waals surface area contributed by atoms with Crippen molar-refractivity contribution < 1.29 is 14.3 Å². The van der Waals surface area contributed by atoms with E-state index in [4.69, 9.17) is 9.47 Å². The van der Waals surface area contributed by atoms with Crippen molar-refractivity contribution in [3.63, 3.8) is 0 Å². The zero-order valence-electron chi connectivity index (χ0n) is 10.2. The number of hydrogen-bond donors (Lipinski definition) is 1. The number of alkyl carbamates (subject to hydrolysis) is 1. The molecule has 1 atom stereocenters. The molecule has 0 aromatic heterocycles. The number of hydrogen-bond acceptors (Lipinski definition) is 3. The van der Waals surface area contributed by atoms with Gasteiger partial charge in [0.1, 0.15) is 5.60 Å². The summed E-state index contributed by atoms with van der Waals surface area (Å²) < 4.78 is 11.1.